The van der Waals surface area contributed by atoms with Crippen molar-refractivity contribution in [3.63, 3.8) is 0 Å². The smallest absolute Gasteiger partial charge is 0.124 e. The maximum absolute atomic E-state index is 10.2. The Labute approximate surface area is 111 Å². The van der Waals surface area contributed by atoms with Crippen LogP contribution in [0.3, 0.4) is 0 Å². The molecule has 0 unspecified atom stereocenters. The molecule has 2 heteroatoms. The van der Waals surface area contributed by atoms with E-state index in [1.54, 1.807) is 12.1 Å². The first-order valence-electron chi connectivity index (χ1n) is 5.72. The van der Waals surface area contributed by atoms with Gasteiger partial charge in [0.1, 0.15) is 5.76 Å². The van der Waals surface area contributed by atoms with E-state index in [0.717, 1.165) is 22.3 Å². The van der Waals surface area contributed by atoms with Gasteiger partial charge in [-0.15, -0.1) is 0 Å². The molecular weight excluding hydrogens is 244 g/mol. The first kappa shape index (κ1) is 11.1. The van der Waals surface area contributed by atoms with Gasteiger partial charge in [0.15, 0.2) is 0 Å². The first-order chi connectivity index (χ1) is 8.74. The number of rotatable bonds is 0. The average molecular weight is 255 g/mol. The number of fused-ring (bicyclic) bond motifs is 2. The van der Waals surface area contributed by atoms with Crippen molar-refractivity contribution in [2.75, 3.05) is 0 Å². The van der Waals surface area contributed by atoms with Gasteiger partial charge in [-0.3, -0.25) is 0 Å². The summed E-state index contributed by atoms with van der Waals surface area (Å²) in [7, 11) is 0. The Morgan fingerprint density at radius 3 is 2.39 bits per heavy atom. The summed E-state index contributed by atoms with van der Waals surface area (Å²) in [4.78, 5) is 0. The summed E-state index contributed by atoms with van der Waals surface area (Å²) in [6, 6.07) is 13.4. The zero-order chi connectivity index (χ0) is 12.5. The van der Waals surface area contributed by atoms with E-state index in [1.165, 1.54) is 0 Å². The van der Waals surface area contributed by atoms with Gasteiger partial charge in [-0.2, -0.15) is 0 Å². The lowest BCUT2D eigenvalue weighted by Crippen LogP contribution is -1.92. The van der Waals surface area contributed by atoms with Crippen molar-refractivity contribution in [2.45, 2.75) is 0 Å². The van der Waals surface area contributed by atoms with Gasteiger partial charge < -0.3 is 5.11 Å². The number of aliphatic hydroxyl groups excluding tert-OH is 1. The highest BCUT2D eigenvalue weighted by Crippen LogP contribution is 2.28. The van der Waals surface area contributed by atoms with Crippen LogP contribution in [0.5, 0.6) is 0 Å². The van der Waals surface area contributed by atoms with Crippen molar-refractivity contribution in [1.29, 1.82) is 0 Å². The Balaban J connectivity index is 2.24. The molecule has 1 aliphatic carbocycles. The molecule has 0 aromatic heterocycles. The SMILES string of the molecule is OC1=Cc2ccccc2C=Cc2cc(Cl)ccc21. The summed E-state index contributed by atoms with van der Waals surface area (Å²) in [6.45, 7) is 0. The molecule has 0 spiro atoms. The lowest BCUT2D eigenvalue weighted by molar-refractivity contribution is 0.515. The van der Waals surface area contributed by atoms with Crippen LogP contribution in [0.2, 0.25) is 5.02 Å². The largest absolute Gasteiger partial charge is 0.507 e. The van der Waals surface area contributed by atoms with Crippen LogP contribution in [0.4, 0.5) is 0 Å². The topological polar surface area (TPSA) is 20.2 Å². The third-order valence-electron chi connectivity index (χ3n) is 3.02. The standard InChI is InChI=1S/C16H11ClO/c17-14-7-8-15-13(9-14)6-5-11-3-1-2-4-12(11)10-16(15)18/h1-10,18H. The van der Waals surface area contributed by atoms with Gasteiger partial charge in [0.05, 0.1) is 0 Å². The molecule has 88 valence electrons. The number of aliphatic hydroxyl groups is 1. The van der Waals surface area contributed by atoms with E-state index < -0.39 is 0 Å². The highest BCUT2D eigenvalue weighted by atomic mass is 35.5. The average Bonchev–Trinajstić information content (AvgIpc) is 2.36. The molecule has 0 bridgehead atoms. The maximum Gasteiger partial charge on any atom is 0.124 e. The minimum absolute atomic E-state index is 0.262. The minimum atomic E-state index is 0.262. The zero-order valence-corrected chi connectivity index (χ0v) is 10.4. The van der Waals surface area contributed by atoms with Crippen molar-refractivity contribution in [3.05, 3.63) is 69.7 Å². The maximum atomic E-state index is 10.2. The van der Waals surface area contributed by atoms with Gasteiger partial charge in [-0.1, -0.05) is 48.0 Å². The van der Waals surface area contributed by atoms with Crippen LogP contribution in [-0.2, 0) is 0 Å². The van der Waals surface area contributed by atoms with Crippen LogP contribution < -0.4 is 0 Å². The van der Waals surface area contributed by atoms with E-state index >= 15 is 0 Å². The Bertz CT molecular complexity index is 669. The van der Waals surface area contributed by atoms with Crippen LogP contribution in [0.1, 0.15) is 22.3 Å². The molecule has 1 aliphatic rings. The van der Waals surface area contributed by atoms with Gasteiger partial charge in [0.25, 0.3) is 0 Å². The second-order valence-electron chi connectivity index (χ2n) is 4.22. The molecule has 2 aromatic rings. The summed E-state index contributed by atoms with van der Waals surface area (Å²) >= 11 is 5.98. The van der Waals surface area contributed by atoms with E-state index in [4.69, 9.17) is 11.6 Å². The normalized spacial score (nSPS) is 13.1. The lowest BCUT2D eigenvalue weighted by Gasteiger charge is -2.10. The fourth-order valence-electron chi connectivity index (χ4n) is 2.10. The van der Waals surface area contributed by atoms with Crippen LogP contribution in [0.25, 0.3) is 24.0 Å². The quantitative estimate of drug-likeness (QED) is 0.710. The van der Waals surface area contributed by atoms with Crippen molar-refractivity contribution in [1.82, 2.24) is 0 Å². The highest BCUT2D eigenvalue weighted by Gasteiger charge is 2.09. The Morgan fingerprint density at radius 2 is 1.56 bits per heavy atom. The van der Waals surface area contributed by atoms with E-state index in [-0.39, 0.29) is 5.76 Å². The van der Waals surface area contributed by atoms with Crippen LogP contribution in [0, 0.1) is 0 Å². The number of hydrogen-bond donors (Lipinski definition) is 1. The molecule has 1 N–H and O–H groups in total. The first-order valence-corrected chi connectivity index (χ1v) is 6.09. The molecule has 2 aromatic carbocycles. The molecule has 0 heterocycles. The third kappa shape index (κ3) is 1.93. The van der Waals surface area contributed by atoms with Crippen molar-refractivity contribution >= 4 is 35.6 Å². The van der Waals surface area contributed by atoms with Crippen molar-refractivity contribution < 1.29 is 5.11 Å². The second kappa shape index (κ2) is 4.35. The third-order valence-corrected chi connectivity index (χ3v) is 3.26. The molecule has 0 saturated heterocycles. The Morgan fingerprint density at radius 1 is 0.833 bits per heavy atom. The fourth-order valence-corrected chi connectivity index (χ4v) is 2.28. The molecule has 0 atom stereocenters. The van der Waals surface area contributed by atoms with Crippen molar-refractivity contribution in [3.8, 4) is 0 Å². The van der Waals surface area contributed by atoms with Crippen molar-refractivity contribution in [2.24, 2.45) is 0 Å². The molecule has 0 saturated carbocycles. The van der Waals surface area contributed by atoms with E-state index in [9.17, 15) is 5.11 Å². The second-order valence-corrected chi connectivity index (χ2v) is 4.66. The highest BCUT2D eigenvalue weighted by molar-refractivity contribution is 6.30. The molecule has 0 radical (unpaired) electrons. The molecule has 18 heavy (non-hydrogen) atoms. The predicted molar refractivity (Wildman–Crippen MR) is 77.3 cm³/mol. The minimum Gasteiger partial charge on any atom is -0.507 e. The molecule has 1 nitrogen and oxygen atoms in total. The number of benzene rings is 2. The fraction of sp³-hybridized carbons (Fsp3) is 0. The molecule has 0 aliphatic heterocycles. The van der Waals surface area contributed by atoms with E-state index in [2.05, 4.69) is 0 Å². The van der Waals surface area contributed by atoms with Crippen LogP contribution in [0.15, 0.2) is 42.5 Å². The number of hydrogen-bond acceptors (Lipinski definition) is 1. The molecule has 0 fully saturated rings. The van der Waals surface area contributed by atoms with E-state index in [0.29, 0.717) is 5.02 Å². The predicted octanol–water partition coefficient (Wildman–Crippen LogP) is 4.88. The van der Waals surface area contributed by atoms with Gasteiger partial charge in [0.2, 0.25) is 0 Å². The molecule has 3 rings (SSSR count). The lowest BCUT2D eigenvalue weighted by atomic mass is 9.97. The van der Waals surface area contributed by atoms with Gasteiger partial charge in [-0.25, -0.2) is 0 Å². The Hall–Kier alpha value is -1.99. The zero-order valence-electron chi connectivity index (χ0n) is 9.60. The molecular formula is C16H11ClO. The van der Waals surface area contributed by atoms with Gasteiger partial charge >= 0.3 is 0 Å². The summed E-state index contributed by atoms with van der Waals surface area (Å²) in [5.74, 6) is 0.262. The summed E-state index contributed by atoms with van der Waals surface area (Å²) < 4.78 is 0. The summed E-state index contributed by atoms with van der Waals surface area (Å²) in [6.07, 6.45) is 5.79. The summed E-state index contributed by atoms with van der Waals surface area (Å²) in [5.41, 5.74) is 3.80. The van der Waals surface area contributed by atoms with Gasteiger partial charge in [0, 0.05) is 10.6 Å². The van der Waals surface area contributed by atoms with Gasteiger partial charge in [-0.05, 0) is 41.0 Å². The number of halogens is 1. The van der Waals surface area contributed by atoms with Crippen LogP contribution in [-0.4, -0.2) is 5.11 Å². The van der Waals surface area contributed by atoms with Crippen LogP contribution >= 0.6 is 11.6 Å². The monoisotopic (exact) mass is 254 g/mol. The molecule has 0 amide bonds. The summed E-state index contributed by atoms with van der Waals surface area (Å²) in [5, 5.41) is 10.9. The van der Waals surface area contributed by atoms with E-state index in [1.807, 2.05) is 48.6 Å². The Kier molecular flexibility index (Phi) is 2.69.